The molecule has 0 radical (unpaired) electrons. The number of hydrogen-bond donors (Lipinski definition) is 0. The Kier molecular flexibility index (Phi) is 7.42. The highest BCUT2D eigenvalue weighted by Gasteiger charge is 2.20. The van der Waals surface area contributed by atoms with E-state index in [4.69, 9.17) is 19.4 Å². The van der Waals surface area contributed by atoms with Crippen LogP contribution < -0.4 is 0 Å². The summed E-state index contributed by atoms with van der Waals surface area (Å²) in [6.07, 6.45) is 0. The summed E-state index contributed by atoms with van der Waals surface area (Å²) in [6.45, 7) is 0. The third-order valence-electron chi connectivity index (χ3n) is 10.7. The summed E-state index contributed by atoms with van der Waals surface area (Å²) in [4.78, 5) is 15.2. The number of nitrogens with zero attached hydrogens (tertiary/aromatic N) is 4. The van der Waals surface area contributed by atoms with Gasteiger partial charge in [-0.3, -0.25) is 0 Å². The number of benzene rings is 8. The van der Waals surface area contributed by atoms with E-state index < -0.39 is 0 Å². The van der Waals surface area contributed by atoms with Gasteiger partial charge in [-0.15, -0.1) is 0 Å². The van der Waals surface area contributed by atoms with Gasteiger partial charge in [0.2, 0.25) is 0 Å². The second-order valence-electron chi connectivity index (χ2n) is 14.0. The predicted molar refractivity (Wildman–Crippen MR) is 229 cm³/mol. The van der Waals surface area contributed by atoms with Crippen molar-refractivity contribution >= 4 is 43.7 Å². The molecule has 3 aromatic heterocycles. The van der Waals surface area contributed by atoms with Crippen LogP contribution in [0, 0.1) is 0 Å². The van der Waals surface area contributed by atoms with Crippen molar-refractivity contribution in [2.45, 2.75) is 0 Å². The Balaban J connectivity index is 1.07. The Bertz CT molecular complexity index is 3100. The molecular formula is C51H32N4O. The maximum absolute atomic E-state index is 6.87. The summed E-state index contributed by atoms with van der Waals surface area (Å²) >= 11 is 0. The van der Waals surface area contributed by atoms with Crippen molar-refractivity contribution in [1.82, 2.24) is 19.5 Å². The molecule has 56 heavy (non-hydrogen) atoms. The molecule has 0 N–H and O–H groups in total. The highest BCUT2D eigenvalue weighted by molar-refractivity contribution is 6.21. The third-order valence-corrected chi connectivity index (χ3v) is 10.7. The van der Waals surface area contributed by atoms with Gasteiger partial charge in [-0.05, 0) is 58.7 Å². The van der Waals surface area contributed by atoms with Crippen LogP contribution in [0.1, 0.15) is 0 Å². The molecule has 11 aromatic rings. The highest BCUT2D eigenvalue weighted by Crippen LogP contribution is 2.41. The maximum atomic E-state index is 6.87. The zero-order valence-corrected chi connectivity index (χ0v) is 30.2. The lowest BCUT2D eigenvalue weighted by molar-refractivity contribution is 0.671. The number of furan rings is 1. The van der Waals surface area contributed by atoms with E-state index in [1.54, 1.807) is 0 Å². The van der Waals surface area contributed by atoms with Crippen molar-refractivity contribution in [2.75, 3.05) is 0 Å². The van der Waals surface area contributed by atoms with E-state index in [0.29, 0.717) is 17.5 Å². The first-order valence-electron chi connectivity index (χ1n) is 18.8. The number of hydrogen-bond acceptors (Lipinski definition) is 4. The Morgan fingerprint density at radius 1 is 0.339 bits per heavy atom. The molecule has 262 valence electrons. The van der Waals surface area contributed by atoms with Gasteiger partial charge in [0.05, 0.1) is 11.0 Å². The summed E-state index contributed by atoms with van der Waals surface area (Å²) in [5.74, 6) is 1.79. The van der Waals surface area contributed by atoms with E-state index in [1.165, 1.54) is 5.39 Å². The molecule has 0 aliphatic heterocycles. The third kappa shape index (κ3) is 5.37. The maximum Gasteiger partial charge on any atom is 0.164 e. The minimum atomic E-state index is 0.579. The zero-order valence-electron chi connectivity index (χ0n) is 30.2. The molecule has 0 bridgehead atoms. The smallest absolute Gasteiger partial charge is 0.164 e. The summed E-state index contributed by atoms with van der Waals surface area (Å²) in [7, 11) is 0. The van der Waals surface area contributed by atoms with Gasteiger partial charge in [-0.1, -0.05) is 158 Å². The Morgan fingerprint density at radius 3 is 1.39 bits per heavy atom. The van der Waals surface area contributed by atoms with Crippen LogP contribution in [0.15, 0.2) is 199 Å². The van der Waals surface area contributed by atoms with Crippen LogP contribution in [0.25, 0.3) is 106 Å². The standard InChI is InChI=1S/C51H32N4O/c1-4-12-33(13-5-1)35-20-24-37(25-21-35)49-52-50(38-26-22-36(23-27-38)34-14-6-2-7-15-34)54-51(53-49)39-28-29-42-44-31-30-43-41-18-10-11-19-45(41)55(40-16-8-3-9-17-40)47(43)48(44)56-46(42)32-39/h1-32H. The lowest BCUT2D eigenvalue weighted by Gasteiger charge is -2.10. The minimum Gasteiger partial charge on any atom is -0.454 e. The molecule has 0 fully saturated rings. The Morgan fingerprint density at radius 2 is 0.786 bits per heavy atom. The van der Waals surface area contributed by atoms with Crippen molar-refractivity contribution in [2.24, 2.45) is 0 Å². The van der Waals surface area contributed by atoms with Gasteiger partial charge in [0.15, 0.2) is 23.1 Å². The molecule has 0 aliphatic rings. The first-order chi connectivity index (χ1) is 27.7. The van der Waals surface area contributed by atoms with E-state index in [0.717, 1.165) is 83.0 Å². The van der Waals surface area contributed by atoms with Crippen molar-refractivity contribution in [1.29, 1.82) is 0 Å². The van der Waals surface area contributed by atoms with Gasteiger partial charge in [-0.25, -0.2) is 15.0 Å². The fraction of sp³-hybridized carbons (Fsp3) is 0. The molecular weight excluding hydrogens is 685 g/mol. The van der Waals surface area contributed by atoms with Crippen LogP contribution >= 0.6 is 0 Å². The summed E-state index contributed by atoms with van der Waals surface area (Å²) in [5.41, 5.74) is 12.2. The first kappa shape index (κ1) is 31.9. The molecule has 5 heteroatoms. The SMILES string of the molecule is c1ccc(-c2ccc(-c3nc(-c4ccc(-c5ccccc5)cc4)nc(-c4ccc5c(c4)oc4c5ccc5c6ccccc6n(-c6ccccc6)c54)n3)cc2)cc1. The molecule has 8 aromatic carbocycles. The summed E-state index contributed by atoms with van der Waals surface area (Å²) < 4.78 is 9.18. The molecule has 5 nitrogen and oxygen atoms in total. The van der Waals surface area contributed by atoms with Gasteiger partial charge in [0, 0.05) is 43.9 Å². The lowest BCUT2D eigenvalue weighted by atomic mass is 10.0. The fourth-order valence-electron chi connectivity index (χ4n) is 7.91. The van der Waals surface area contributed by atoms with Gasteiger partial charge < -0.3 is 8.98 Å². The van der Waals surface area contributed by atoms with Crippen LogP contribution in [0.3, 0.4) is 0 Å². The van der Waals surface area contributed by atoms with Gasteiger partial charge in [0.1, 0.15) is 5.58 Å². The molecule has 0 saturated heterocycles. The van der Waals surface area contributed by atoms with Gasteiger partial charge in [0.25, 0.3) is 0 Å². The molecule has 0 unspecified atom stereocenters. The van der Waals surface area contributed by atoms with Gasteiger partial charge in [-0.2, -0.15) is 0 Å². The average Bonchev–Trinajstić information content (AvgIpc) is 3.83. The summed E-state index contributed by atoms with van der Waals surface area (Å²) in [5, 5.41) is 4.44. The first-order valence-corrected chi connectivity index (χ1v) is 18.8. The second-order valence-corrected chi connectivity index (χ2v) is 14.0. The topological polar surface area (TPSA) is 56.7 Å². The van der Waals surface area contributed by atoms with E-state index in [1.807, 2.05) is 18.2 Å². The normalized spacial score (nSPS) is 11.6. The number of fused-ring (bicyclic) bond motifs is 7. The van der Waals surface area contributed by atoms with E-state index in [2.05, 4.69) is 180 Å². The highest BCUT2D eigenvalue weighted by atomic mass is 16.3. The lowest BCUT2D eigenvalue weighted by Crippen LogP contribution is -2.00. The van der Waals surface area contributed by atoms with Crippen molar-refractivity contribution in [3.63, 3.8) is 0 Å². The molecule has 3 heterocycles. The van der Waals surface area contributed by atoms with E-state index >= 15 is 0 Å². The molecule has 11 rings (SSSR count). The van der Waals surface area contributed by atoms with E-state index in [-0.39, 0.29) is 0 Å². The van der Waals surface area contributed by atoms with E-state index in [9.17, 15) is 0 Å². The predicted octanol–water partition coefficient (Wildman–Crippen LogP) is 13.2. The quantitative estimate of drug-likeness (QED) is 0.172. The monoisotopic (exact) mass is 716 g/mol. The van der Waals surface area contributed by atoms with Gasteiger partial charge >= 0.3 is 0 Å². The Hall–Kier alpha value is -7.63. The second kappa shape index (κ2) is 13.0. The molecule has 0 amide bonds. The zero-order chi connectivity index (χ0) is 37.0. The number of aromatic nitrogens is 4. The van der Waals surface area contributed by atoms with Crippen molar-refractivity contribution < 1.29 is 4.42 Å². The molecule has 0 saturated carbocycles. The summed E-state index contributed by atoms with van der Waals surface area (Å²) in [6, 6.07) is 67.3. The Labute approximate surface area is 322 Å². The van der Waals surface area contributed by atoms with Crippen LogP contribution in [0.2, 0.25) is 0 Å². The number of para-hydroxylation sites is 2. The molecule has 0 spiro atoms. The molecule has 0 aliphatic carbocycles. The van der Waals surface area contributed by atoms with Crippen molar-refractivity contribution in [3.8, 4) is 62.1 Å². The minimum absolute atomic E-state index is 0.579. The average molecular weight is 717 g/mol. The van der Waals surface area contributed by atoms with Crippen molar-refractivity contribution in [3.05, 3.63) is 194 Å². The molecule has 0 atom stereocenters. The fourth-order valence-corrected chi connectivity index (χ4v) is 7.91. The van der Waals surface area contributed by atoms with Crippen LogP contribution in [0.5, 0.6) is 0 Å². The van der Waals surface area contributed by atoms with Crippen LogP contribution in [-0.2, 0) is 0 Å². The van der Waals surface area contributed by atoms with Crippen LogP contribution in [-0.4, -0.2) is 19.5 Å². The van der Waals surface area contributed by atoms with Crippen LogP contribution in [0.4, 0.5) is 0 Å². The number of rotatable bonds is 6. The largest absolute Gasteiger partial charge is 0.454 e.